The third-order valence-corrected chi connectivity index (χ3v) is 3.90. The smallest absolute Gasteiger partial charge is 0.416 e. The predicted octanol–water partition coefficient (Wildman–Crippen LogP) is 3.06. The van der Waals surface area contributed by atoms with Crippen molar-refractivity contribution in [1.29, 1.82) is 0 Å². The number of amides is 1. The largest absolute Gasteiger partial charge is 0.443 e. The molecule has 0 saturated heterocycles. The van der Waals surface area contributed by atoms with Crippen LogP contribution in [-0.2, 0) is 10.9 Å². The van der Waals surface area contributed by atoms with Crippen molar-refractivity contribution in [2.45, 2.75) is 43.6 Å². The zero-order chi connectivity index (χ0) is 16.3. The lowest BCUT2D eigenvalue weighted by molar-refractivity contribution is -0.137. The first-order valence-corrected chi connectivity index (χ1v) is 7.05. The van der Waals surface area contributed by atoms with Gasteiger partial charge in [-0.05, 0) is 36.8 Å². The van der Waals surface area contributed by atoms with Gasteiger partial charge in [-0.2, -0.15) is 13.2 Å². The topological polar surface area (TPSA) is 58.6 Å². The molecule has 0 unspecified atom stereocenters. The van der Waals surface area contributed by atoms with Gasteiger partial charge >= 0.3 is 12.3 Å². The molecule has 1 aromatic rings. The molecule has 1 aromatic carbocycles. The number of carbonyl (C=O) groups excluding carboxylic acids is 1. The second-order valence-corrected chi connectivity index (χ2v) is 5.39. The maximum atomic E-state index is 12.8. The second kappa shape index (κ2) is 6.56. The Morgan fingerprint density at radius 2 is 2.09 bits per heavy atom. The van der Waals surface area contributed by atoms with Gasteiger partial charge in [-0.1, -0.05) is 18.2 Å². The fourth-order valence-electron chi connectivity index (χ4n) is 2.71. The Morgan fingerprint density at radius 1 is 1.36 bits per heavy atom. The molecule has 2 N–H and O–H groups in total. The van der Waals surface area contributed by atoms with E-state index >= 15 is 0 Å². The van der Waals surface area contributed by atoms with Crippen molar-refractivity contribution in [1.82, 2.24) is 5.32 Å². The molecule has 0 aromatic heterocycles. The third kappa shape index (κ3) is 3.91. The van der Waals surface area contributed by atoms with E-state index in [1.54, 1.807) is 6.07 Å². The van der Waals surface area contributed by atoms with Gasteiger partial charge in [0.1, 0.15) is 6.10 Å². The van der Waals surface area contributed by atoms with Crippen LogP contribution >= 0.6 is 0 Å². The predicted molar refractivity (Wildman–Crippen MR) is 73.4 cm³/mol. The zero-order valence-electron chi connectivity index (χ0n) is 12.1. The molecule has 0 heterocycles. The average Bonchev–Trinajstić information content (AvgIpc) is 2.48. The number of alkyl carbamates (subject to hydrolysis) is 1. The molecule has 1 aliphatic rings. The van der Waals surface area contributed by atoms with Gasteiger partial charge in [0.05, 0.1) is 11.7 Å². The van der Waals surface area contributed by atoms with Crippen molar-refractivity contribution in [3.8, 4) is 0 Å². The first kappa shape index (κ1) is 16.6. The van der Waals surface area contributed by atoms with E-state index in [9.17, 15) is 23.1 Å². The molecule has 4 nitrogen and oxygen atoms in total. The van der Waals surface area contributed by atoms with Gasteiger partial charge in [0.2, 0.25) is 0 Å². The van der Waals surface area contributed by atoms with E-state index in [1.807, 2.05) is 0 Å². The van der Waals surface area contributed by atoms with Gasteiger partial charge in [-0.15, -0.1) is 0 Å². The Bertz CT molecular complexity index is 533. The number of hydrogen-bond donors (Lipinski definition) is 2. The highest BCUT2D eigenvalue weighted by molar-refractivity contribution is 5.66. The summed E-state index contributed by atoms with van der Waals surface area (Å²) in [4.78, 5) is 11.3. The average molecular weight is 317 g/mol. The summed E-state index contributed by atoms with van der Waals surface area (Å²) in [6.07, 6.45) is -5.32. The number of hydrogen-bond acceptors (Lipinski definition) is 3. The van der Waals surface area contributed by atoms with Gasteiger partial charge in [-0.25, -0.2) is 4.79 Å². The highest BCUT2D eigenvalue weighted by atomic mass is 19.4. The molecular formula is C15H18F3NO3. The molecule has 1 saturated carbocycles. The Hall–Kier alpha value is -1.76. The van der Waals surface area contributed by atoms with Crippen LogP contribution in [0, 0.1) is 0 Å². The van der Waals surface area contributed by atoms with Crippen LogP contribution in [0.2, 0.25) is 0 Å². The van der Waals surface area contributed by atoms with E-state index in [-0.39, 0.29) is 5.92 Å². The van der Waals surface area contributed by atoms with Gasteiger partial charge < -0.3 is 15.2 Å². The van der Waals surface area contributed by atoms with E-state index in [0.717, 1.165) is 12.1 Å². The van der Waals surface area contributed by atoms with Crippen LogP contribution in [0.15, 0.2) is 24.3 Å². The fraction of sp³-hybridized carbons (Fsp3) is 0.533. The second-order valence-electron chi connectivity index (χ2n) is 5.39. The first-order chi connectivity index (χ1) is 10.3. The Morgan fingerprint density at radius 3 is 2.73 bits per heavy atom. The van der Waals surface area contributed by atoms with Crippen LogP contribution in [0.5, 0.6) is 0 Å². The van der Waals surface area contributed by atoms with Gasteiger partial charge in [0.25, 0.3) is 0 Å². The van der Waals surface area contributed by atoms with E-state index in [0.29, 0.717) is 24.8 Å². The third-order valence-electron chi connectivity index (χ3n) is 3.90. The van der Waals surface area contributed by atoms with Gasteiger partial charge in [0, 0.05) is 7.05 Å². The van der Waals surface area contributed by atoms with Crippen LogP contribution in [0.3, 0.4) is 0 Å². The zero-order valence-corrected chi connectivity index (χ0v) is 12.1. The highest BCUT2D eigenvalue weighted by Crippen LogP contribution is 2.37. The molecule has 1 fully saturated rings. The van der Waals surface area contributed by atoms with Crippen molar-refractivity contribution in [2.75, 3.05) is 7.05 Å². The molecular weight excluding hydrogens is 299 g/mol. The first-order valence-electron chi connectivity index (χ1n) is 7.05. The summed E-state index contributed by atoms with van der Waals surface area (Å²) in [5.41, 5.74) is -0.146. The molecule has 22 heavy (non-hydrogen) atoms. The van der Waals surface area contributed by atoms with Crippen molar-refractivity contribution < 1.29 is 27.8 Å². The molecule has 3 atom stereocenters. The number of aliphatic hydroxyl groups excluding tert-OH is 1. The van der Waals surface area contributed by atoms with Crippen molar-refractivity contribution in [3.05, 3.63) is 35.4 Å². The monoisotopic (exact) mass is 317 g/mol. The quantitative estimate of drug-likeness (QED) is 0.881. The number of carbonyl (C=O) groups is 1. The lowest BCUT2D eigenvalue weighted by Gasteiger charge is -2.33. The molecule has 2 rings (SSSR count). The number of ether oxygens (including phenoxy) is 1. The van der Waals surface area contributed by atoms with Crippen LogP contribution in [-0.4, -0.2) is 30.5 Å². The summed E-state index contributed by atoms with van der Waals surface area (Å²) in [5, 5.41) is 12.2. The van der Waals surface area contributed by atoms with Crippen molar-refractivity contribution in [3.63, 3.8) is 0 Å². The van der Waals surface area contributed by atoms with Gasteiger partial charge in [-0.3, -0.25) is 0 Å². The number of alkyl halides is 3. The highest BCUT2D eigenvalue weighted by Gasteiger charge is 2.35. The molecule has 7 heteroatoms. The van der Waals surface area contributed by atoms with E-state index in [1.165, 1.54) is 13.1 Å². The van der Waals surface area contributed by atoms with Gasteiger partial charge in [0.15, 0.2) is 0 Å². The van der Waals surface area contributed by atoms with Crippen LogP contribution < -0.4 is 5.32 Å². The molecule has 122 valence electrons. The van der Waals surface area contributed by atoms with Crippen LogP contribution in [0.1, 0.15) is 36.3 Å². The summed E-state index contributed by atoms with van der Waals surface area (Å²) in [5.74, 6) is -0.180. The molecule has 1 amide bonds. The summed E-state index contributed by atoms with van der Waals surface area (Å²) in [7, 11) is 1.40. The summed E-state index contributed by atoms with van der Waals surface area (Å²) < 4.78 is 43.4. The number of halogens is 3. The van der Waals surface area contributed by atoms with Crippen molar-refractivity contribution >= 4 is 6.09 Å². The lowest BCUT2D eigenvalue weighted by Crippen LogP contribution is -2.39. The maximum Gasteiger partial charge on any atom is 0.416 e. The minimum atomic E-state index is -4.39. The van der Waals surface area contributed by atoms with E-state index in [4.69, 9.17) is 4.74 Å². The van der Waals surface area contributed by atoms with E-state index < -0.39 is 30.0 Å². The summed E-state index contributed by atoms with van der Waals surface area (Å²) in [6, 6.07) is 5.16. The Kier molecular flexibility index (Phi) is 4.95. The normalized spacial score (nSPS) is 25.6. The summed E-state index contributed by atoms with van der Waals surface area (Å²) >= 11 is 0. The van der Waals surface area contributed by atoms with Crippen LogP contribution in [0.25, 0.3) is 0 Å². The molecule has 1 aliphatic carbocycles. The molecule has 0 aliphatic heterocycles. The van der Waals surface area contributed by atoms with Crippen LogP contribution in [0.4, 0.5) is 18.0 Å². The number of nitrogens with one attached hydrogen (secondary N) is 1. The molecule has 0 bridgehead atoms. The minimum absolute atomic E-state index is 0.180. The lowest BCUT2D eigenvalue weighted by atomic mass is 9.80. The number of rotatable bonds is 2. The molecule has 0 spiro atoms. The van der Waals surface area contributed by atoms with Crippen molar-refractivity contribution in [2.24, 2.45) is 0 Å². The minimum Gasteiger partial charge on any atom is -0.443 e. The SMILES string of the molecule is CNC(=O)O[C@H]1C[C@@H](c2cccc(C(F)(F)F)c2)CC[C@@H]1O. The molecule has 0 radical (unpaired) electrons. The standard InChI is InChI=1S/C15H18F3NO3/c1-19-14(21)22-13-8-10(5-6-12(13)20)9-3-2-4-11(7-9)15(16,17)18/h2-4,7,10,12-13,20H,5-6,8H2,1H3,(H,19,21)/t10-,12-,13-/m0/s1. The number of aliphatic hydroxyl groups is 1. The van der Waals surface area contributed by atoms with E-state index in [2.05, 4.69) is 5.32 Å². The maximum absolute atomic E-state index is 12.8. The number of benzene rings is 1. The fourth-order valence-corrected chi connectivity index (χ4v) is 2.71. The Balaban J connectivity index is 2.14. The Labute approximate surface area is 126 Å². The summed E-state index contributed by atoms with van der Waals surface area (Å²) in [6.45, 7) is 0.